The average Bonchev–Trinajstić information content (AvgIpc) is 2.67. The fourth-order valence-electron chi connectivity index (χ4n) is 3.54. The van der Waals surface area contributed by atoms with Gasteiger partial charge >= 0.3 is 6.18 Å². The van der Waals surface area contributed by atoms with Gasteiger partial charge in [-0.2, -0.15) is 17.5 Å². The summed E-state index contributed by atoms with van der Waals surface area (Å²) in [4.78, 5) is 14.0. The van der Waals surface area contributed by atoms with Crippen molar-refractivity contribution in [2.75, 3.05) is 38.0 Å². The van der Waals surface area contributed by atoms with Crippen LogP contribution in [0.2, 0.25) is 0 Å². The van der Waals surface area contributed by atoms with Crippen molar-refractivity contribution < 1.29 is 26.4 Å². The molecule has 0 spiro atoms. The van der Waals surface area contributed by atoms with Crippen molar-refractivity contribution in [3.63, 3.8) is 0 Å². The van der Waals surface area contributed by atoms with E-state index in [-0.39, 0.29) is 30.4 Å². The summed E-state index contributed by atoms with van der Waals surface area (Å²) in [6.45, 7) is 5.01. The quantitative estimate of drug-likeness (QED) is 0.752. The van der Waals surface area contributed by atoms with Gasteiger partial charge in [-0.25, -0.2) is 8.42 Å². The smallest absolute Gasteiger partial charge is 0.325 e. The number of benzene rings is 2. The molecule has 0 radical (unpaired) electrons. The Kier molecular flexibility index (Phi) is 6.73. The van der Waals surface area contributed by atoms with E-state index in [0.29, 0.717) is 18.8 Å². The average molecular weight is 456 g/mol. The molecule has 3 rings (SSSR count). The number of piperazine rings is 1. The molecule has 0 aliphatic carbocycles. The number of rotatable bonds is 5. The Hall–Kier alpha value is -2.43. The third kappa shape index (κ3) is 5.84. The molecule has 1 heterocycles. The van der Waals surface area contributed by atoms with Gasteiger partial charge < -0.3 is 5.32 Å². The first-order valence-corrected chi connectivity index (χ1v) is 11.2. The number of nitrogens with one attached hydrogen (secondary N) is 1. The van der Waals surface area contributed by atoms with E-state index < -0.39 is 21.8 Å². The molecule has 2 aromatic carbocycles. The Bertz CT molecular complexity index is 1030. The van der Waals surface area contributed by atoms with Gasteiger partial charge in [0.1, 0.15) is 0 Å². The molecule has 1 saturated heterocycles. The second kappa shape index (κ2) is 8.97. The van der Waals surface area contributed by atoms with Crippen LogP contribution in [0.5, 0.6) is 0 Å². The molecule has 0 saturated carbocycles. The Morgan fingerprint density at radius 3 is 2.03 bits per heavy atom. The van der Waals surface area contributed by atoms with Crippen LogP contribution >= 0.6 is 0 Å². The van der Waals surface area contributed by atoms with Crippen molar-refractivity contribution in [3.05, 3.63) is 59.2 Å². The number of halogens is 3. The minimum Gasteiger partial charge on any atom is -0.325 e. The van der Waals surface area contributed by atoms with Gasteiger partial charge in [0.2, 0.25) is 15.9 Å². The molecule has 168 valence electrons. The Morgan fingerprint density at radius 2 is 1.52 bits per heavy atom. The fourth-order valence-corrected chi connectivity index (χ4v) is 4.97. The molecule has 0 bridgehead atoms. The lowest BCUT2D eigenvalue weighted by molar-refractivity contribution is -0.137. The van der Waals surface area contributed by atoms with Crippen LogP contribution in [0.4, 0.5) is 18.9 Å². The topological polar surface area (TPSA) is 69.7 Å². The monoisotopic (exact) mass is 455 g/mol. The predicted octanol–water partition coefficient (Wildman–Crippen LogP) is 3.27. The van der Waals surface area contributed by atoms with Crippen molar-refractivity contribution in [2.24, 2.45) is 0 Å². The van der Waals surface area contributed by atoms with Crippen molar-refractivity contribution in [1.29, 1.82) is 0 Å². The number of carbonyl (C=O) groups is 1. The Morgan fingerprint density at radius 1 is 0.968 bits per heavy atom. The van der Waals surface area contributed by atoms with Crippen LogP contribution in [0.25, 0.3) is 0 Å². The molecule has 1 fully saturated rings. The van der Waals surface area contributed by atoms with Crippen LogP contribution < -0.4 is 5.32 Å². The number of amides is 1. The largest absolute Gasteiger partial charge is 0.416 e. The van der Waals surface area contributed by atoms with Gasteiger partial charge in [0, 0.05) is 31.9 Å². The second-order valence-electron chi connectivity index (χ2n) is 7.63. The standard InChI is InChI=1S/C21H24F3N3O3S/c1-15-11-16(2)13-18(12-15)25-20(28)14-26-7-9-27(10-8-26)31(29,30)19-5-3-17(4-6-19)21(22,23)24/h3-6,11-13H,7-10,14H2,1-2H3,(H,25,28). The zero-order chi connectivity index (χ0) is 22.8. The highest BCUT2D eigenvalue weighted by molar-refractivity contribution is 7.89. The second-order valence-corrected chi connectivity index (χ2v) is 9.56. The molecule has 6 nitrogen and oxygen atoms in total. The zero-order valence-electron chi connectivity index (χ0n) is 17.2. The van der Waals surface area contributed by atoms with Crippen molar-refractivity contribution in [2.45, 2.75) is 24.9 Å². The summed E-state index contributed by atoms with van der Waals surface area (Å²) >= 11 is 0. The molecule has 0 unspecified atom stereocenters. The van der Waals surface area contributed by atoms with Crippen molar-refractivity contribution >= 4 is 21.6 Å². The normalized spacial score (nSPS) is 16.3. The number of sulfonamides is 1. The van der Waals surface area contributed by atoms with Gasteiger partial charge in [0.05, 0.1) is 17.0 Å². The van der Waals surface area contributed by atoms with Gasteiger partial charge in [-0.3, -0.25) is 9.69 Å². The number of carbonyl (C=O) groups excluding carboxylic acids is 1. The minimum atomic E-state index is -4.52. The molecule has 2 aromatic rings. The van der Waals surface area contributed by atoms with Crippen molar-refractivity contribution in [1.82, 2.24) is 9.21 Å². The van der Waals surface area contributed by atoms with E-state index in [2.05, 4.69) is 5.32 Å². The summed E-state index contributed by atoms with van der Waals surface area (Å²) < 4.78 is 64.8. The van der Waals surface area contributed by atoms with Crippen LogP contribution in [0.3, 0.4) is 0 Å². The maximum absolute atomic E-state index is 12.7. The van der Waals surface area contributed by atoms with E-state index in [9.17, 15) is 26.4 Å². The Labute approximate surface area is 179 Å². The maximum atomic E-state index is 12.7. The summed E-state index contributed by atoms with van der Waals surface area (Å²) in [5, 5.41) is 2.85. The molecular formula is C21H24F3N3O3S. The summed E-state index contributed by atoms with van der Waals surface area (Å²) in [5.74, 6) is -0.191. The lowest BCUT2D eigenvalue weighted by Crippen LogP contribution is -2.50. The molecule has 0 atom stereocenters. The number of hydrogen-bond acceptors (Lipinski definition) is 4. The van der Waals surface area contributed by atoms with E-state index in [1.807, 2.05) is 36.9 Å². The van der Waals surface area contributed by atoms with Crippen LogP contribution in [0.1, 0.15) is 16.7 Å². The molecular weight excluding hydrogens is 431 g/mol. The van der Waals surface area contributed by atoms with E-state index >= 15 is 0 Å². The molecule has 1 N–H and O–H groups in total. The number of hydrogen-bond donors (Lipinski definition) is 1. The van der Waals surface area contributed by atoms with Gasteiger partial charge in [-0.05, 0) is 61.4 Å². The van der Waals surface area contributed by atoms with E-state index in [4.69, 9.17) is 0 Å². The maximum Gasteiger partial charge on any atom is 0.416 e. The molecule has 1 aliphatic rings. The number of anilines is 1. The van der Waals surface area contributed by atoms with Crippen LogP contribution in [-0.2, 0) is 21.0 Å². The number of nitrogens with zero attached hydrogens (tertiary/aromatic N) is 2. The lowest BCUT2D eigenvalue weighted by Gasteiger charge is -2.33. The Balaban J connectivity index is 1.56. The molecule has 31 heavy (non-hydrogen) atoms. The van der Waals surface area contributed by atoms with Gasteiger partial charge in [0.15, 0.2) is 0 Å². The lowest BCUT2D eigenvalue weighted by atomic mass is 10.1. The number of alkyl halides is 3. The van der Waals surface area contributed by atoms with E-state index in [0.717, 1.165) is 35.4 Å². The molecule has 10 heteroatoms. The van der Waals surface area contributed by atoms with Crippen LogP contribution in [-0.4, -0.2) is 56.3 Å². The van der Waals surface area contributed by atoms with E-state index in [1.54, 1.807) is 0 Å². The van der Waals surface area contributed by atoms with Crippen molar-refractivity contribution in [3.8, 4) is 0 Å². The zero-order valence-corrected chi connectivity index (χ0v) is 18.1. The van der Waals surface area contributed by atoms with Gasteiger partial charge in [-0.15, -0.1) is 0 Å². The SMILES string of the molecule is Cc1cc(C)cc(NC(=O)CN2CCN(S(=O)(=O)c3ccc(C(F)(F)F)cc3)CC2)c1. The third-order valence-electron chi connectivity index (χ3n) is 5.02. The number of aryl methyl sites for hydroxylation is 2. The highest BCUT2D eigenvalue weighted by Crippen LogP contribution is 2.30. The minimum absolute atomic E-state index is 0.126. The van der Waals surface area contributed by atoms with E-state index in [1.165, 1.54) is 4.31 Å². The summed E-state index contributed by atoms with van der Waals surface area (Å²) in [7, 11) is -3.90. The fraction of sp³-hybridized carbons (Fsp3) is 0.381. The van der Waals surface area contributed by atoms with Crippen LogP contribution in [0.15, 0.2) is 47.4 Å². The first kappa shape index (κ1) is 23.2. The highest BCUT2D eigenvalue weighted by Gasteiger charge is 2.32. The first-order valence-electron chi connectivity index (χ1n) is 9.73. The molecule has 1 amide bonds. The van der Waals surface area contributed by atoms with Gasteiger partial charge in [0.25, 0.3) is 0 Å². The third-order valence-corrected chi connectivity index (χ3v) is 6.94. The summed E-state index contributed by atoms with van der Waals surface area (Å²) in [6, 6.07) is 9.23. The first-order chi connectivity index (χ1) is 14.4. The molecule has 1 aliphatic heterocycles. The summed E-state index contributed by atoms with van der Waals surface area (Å²) in [5.41, 5.74) is 1.90. The highest BCUT2D eigenvalue weighted by atomic mass is 32.2. The van der Waals surface area contributed by atoms with Crippen LogP contribution in [0, 0.1) is 13.8 Å². The van der Waals surface area contributed by atoms with Gasteiger partial charge in [-0.1, -0.05) is 6.07 Å². The summed E-state index contributed by atoms with van der Waals surface area (Å²) in [6.07, 6.45) is -4.52. The molecule has 0 aromatic heterocycles. The predicted molar refractivity (Wildman–Crippen MR) is 111 cm³/mol.